The largest absolute Gasteiger partial charge is 0.496 e. The van der Waals surface area contributed by atoms with Gasteiger partial charge in [-0.05, 0) is 59.6 Å². The van der Waals surface area contributed by atoms with Gasteiger partial charge in [-0.1, -0.05) is 35.6 Å². The number of ether oxygens (including phenoxy) is 2. The van der Waals surface area contributed by atoms with E-state index >= 15 is 0 Å². The third kappa shape index (κ3) is 4.04. The third-order valence-electron chi connectivity index (χ3n) is 5.92. The zero-order valence-corrected chi connectivity index (χ0v) is 21.7. The number of esters is 1. The van der Waals surface area contributed by atoms with Crippen molar-refractivity contribution >= 4 is 50.2 Å². The van der Waals surface area contributed by atoms with Crippen molar-refractivity contribution in [1.82, 2.24) is 9.55 Å². The van der Waals surface area contributed by atoms with Crippen molar-refractivity contribution in [3.8, 4) is 5.75 Å². The van der Waals surface area contributed by atoms with E-state index in [1.165, 1.54) is 11.3 Å². The van der Waals surface area contributed by atoms with E-state index in [0.29, 0.717) is 26.4 Å². The molecule has 2 aromatic carbocycles. The summed E-state index contributed by atoms with van der Waals surface area (Å²) in [5.74, 6) is 0.162. The molecular formula is C26H22BrN3O4S. The first-order valence-corrected chi connectivity index (χ1v) is 12.6. The summed E-state index contributed by atoms with van der Waals surface area (Å²) in [5, 5.41) is 1.03. The Bertz CT molecular complexity index is 1680. The molecule has 1 aliphatic rings. The van der Waals surface area contributed by atoms with Crippen LogP contribution in [-0.4, -0.2) is 29.2 Å². The fraction of sp³-hybridized carbons (Fsp3) is 0.192. The van der Waals surface area contributed by atoms with Gasteiger partial charge in [0.2, 0.25) is 0 Å². The lowest BCUT2D eigenvalue weighted by Gasteiger charge is -2.25. The van der Waals surface area contributed by atoms with Crippen LogP contribution in [0.15, 0.2) is 74.2 Å². The molecule has 0 amide bonds. The van der Waals surface area contributed by atoms with Crippen molar-refractivity contribution in [3.63, 3.8) is 0 Å². The smallest absolute Gasteiger partial charge is 0.338 e. The van der Waals surface area contributed by atoms with Crippen molar-refractivity contribution in [2.24, 2.45) is 4.99 Å². The van der Waals surface area contributed by atoms with Crippen molar-refractivity contribution < 1.29 is 14.3 Å². The minimum absolute atomic E-state index is 0.217. The van der Waals surface area contributed by atoms with Crippen molar-refractivity contribution in [2.45, 2.75) is 19.9 Å². The molecule has 0 radical (unpaired) electrons. The van der Waals surface area contributed by atoms with Crippen LogP contribution < -0.4 is 19.6 Å². The van der Waals surface area contributed by atoms with Gasteiger partial charge in [0, 0.05) is 22.7 Å². The molecule has 35 heavy (non-hydrogen) atoms. The van der Waals surface area contributed by atoms with E-state index in [-0.39, 0.29) is 12.2 Å². The van der Waals surface area contributed by atoms with E-state index in [9.17, 15) is 9.59 Å². The minimum Gasteiger partial charge on any atom is -0.496 e. The van der Waals surface area contributed by atoms with Crippen LogP contribution >= 0.6 is 27.3 Å². The van der Waals surface area contributed by atoms with Crippen LogP contribution in [0.1, 0.15) is 31.0 Å². The van der Waals surface area contributed by atoms with Gasteiger partial charge in [-0.25, -0.2) is 9.79 Å². The molecule has 1 aliphatic heterocycles. The van der Waals surface area contributed by atoms with Crippen LogP contribution in [0.2, 0.25) is 0 Å². The second kappa shape index (κ2) is 9.31. The molecule has 4 aromatic rings. The summed E-state index contributed by atoms with van der Waals surface area (Å²) in [7, 11) is 1.58. The van der Waals surface area contributed by atoms with Crippen LogP contribution in [0.4, 0.5) is 0 Å². The van der Waals surface area contributed by atoms with E-state index in [4.69, 9.17) is 9.47 Å². The number of thiazole rings is 1. The van der Waals surface area contributed by atoms with Crippen LogP contribution in [0.25, 0.3) is 17.0 Å². The van der Waals surface area contributed by atoms with Crippen LogP contribution in [0, 0.1) is 0 Å². The number of methoxy groups -OCH3 is 1. The second-order valence-electron chi connectivity index (χ2n) is 7.99. The lowest BCUT2D eigenvalue weighted by molar-refractivity contribution is -0.139. The summed E-state index contributed by atoms with van der Waals surface area (Å²) in [6.07, 6.45) is 3.75. The van der Waals surface area contributed by atoms with Gasteiger partial charge in [0.05, 0.1) is 40.0 Å². The molecule has 0 bridgehead atoms. The Labute approximate surface area is 213 Å². The van der Waals surface area contributed by atoms with Gasteiger partial charge < -0.3 is 14.5 Å². The Morgan fingerprint density at radius 3 is 2.83 bits per heavy atom. The van der Waals surface area contributed by atoms with Gasteiger partial charge in [0.25, 0.3) is 5.56 Å². The molecule has 2 aromatic heterocycles. The number of nitrogens with one attached hydrogen (secondary N) is 1. The van der Waals surface area contributed by atoms with Crippen LogP contribution in [0.3, 0.4) is 0 Å². The number of benzene rings is 2. The molecule has 0 unspecified atom stereocenters. The quantitative estimate of drug-likeness (QED) is 0.379. The number of allylic oxidation sites excluding steroid dienone is 1. The molecule has 3 heterocycles. The molecule has 1 atom stereocenters. The maximum absolute atomic E-state index is 13.8. The highest BCUT2D eigenvalue weighted by atomic mass is 79.9. The molecule has 0 fully saturated rings. The van der Waals surface area contributed by atoms with Crippen molar-refractivity contribution in [1.29, 1.82) is 0 Å². The Morgan fingerprint density at radius 1 is 1.29 bits per heavy atom. The normalized spacial score (nSPS) is 15.8. The molecule has 0 aliphatic carbocycles. The van der Waals surface area contributed by atoms with Gasteiger partial charge >= 0.3 is 5.97 Å². The van der Waals surface area contributed by atoms with Crippen LogP contribution in [0.5, 0.6) is 5.75 Å². The van der Waals surface area contributed by atoms with Crippen LogP contribution in [-0.2, 0) is 9.53 Å². The molecule has 5 rings (SSSR count). The lowest BCUT2D eigenvalue weighted by atomic mass is 9.96. The number of fused-ring (bicyclic) bond motifs is 2. The van der Waals surface area contributed by atoms with Crippen molar-refractivity contribution in [3.05, 3.63) is 95.2 Å². The SMILES string of the molecule is CCOC(=O)C1=C(C)N=c2s/c(=C/c3c[nH]c4ccccc34)c(=O)n2[C@@H]1c1ccc(OC)c(Br)c1. The van der Waals surface area contributed by atoms with Gasteiger partial charge in [-0.3, -0.25) is 9.36 Å². The number of halogens is 1. The first-order chi connectivity index (χ1) is 16.9. The van der Waals surface area contributed by atoms with Gasteiger partial charge in [0.1, 0.15) is 5.75 Å². The average molecular weight is 552 g/mol. The summed E-state index contributed by atoms with van der Waals surface area (Å²) >= 11 is 4.83. The number of carbonyl (C=O) groups is 1. The Kier molecular flexibility index (Phi) is 6.21. The maximum Gasteiger partial charge on any atom is 0.338 e. The first-order valence-electron chi connectivity index (χ1n) is 11.0. The third-order valence-corrected chi connectivity index (χ3v) is 7.52. The summed E-state index contributed by atoms with van der Waals surface area (Å²) < 4.78 is 13.6. The highest BCUT2D eigenvalue weighted by Crippen LogP contribution is 2.35. The fourth-order valence-electron chi connectivity index (χ4n) is 4.31. The first kappa shape index (κ1) is 23.3. The van der Waals surface area contributed by atoms with Gasteiger partial charge in [-0.15, -0.1) is 0 Å². The highest BCUT2D eigenvalue weighted by Gasteiger charge is 2.33. The Morgan fingerprint density at radius 2 is 2.09 bits per heavy atom. The second-order valence-corrected chi connectivity index (χ2v) is 9.85. The molecule has 0 saturated heterocycles. The number of rotatable bonds is 5. The highest BCUT2D eigenvalue weighted by molar-refractivity contribution is 9.10. The van der Waals surface area contributed by atoms with E-state index in [1.807, 2.05) is 48.7 Å². The fourth-order valence-corrected chi connectivity index (χ4v) is 5.91. The molecule has 178 valence electrons. The van der Waals surface area contributed by atoms with E-state index in [0.717, 1.165) is 26.5 Å². The summed E-state index contributed by atoms with van der Waals surface area (Å²) in [6.45, 7) is 3.75. The average Bonchev–Trinajstić information content (AvgIpc) is 3.39. The number of aromatic amines is 1. The topological polar surface area (TPSA) is 85.7 Å². The summed E-state index contributed by atoms with van der Waals surface area (Å²) in [4.78, 5) is 35.2. The number of nitrogens with zero attached hydrogens (tertiary/aromatic N) is 2. The molecule has 1 N–H and O–H groups in total. The lowest BCUT2D eigenvalue weighted by Crippen LogP contribution is -2.39. The molecule has 0 spiro atoms. The Balaban J connectivity index is 1.74. The van der Waals surface area contributed by atoms with E-state index < -0.39 is 12.0 Å². The van der Waals surface area contributed by atoms with Crippen molar-refractivity contribution in [2.75, 3.05) is 13.7 Å². The monoisotopic (exact) mass is 551 g/mol. The van der Waals surface area contributed by atoms with Gasteiger partial charge in [-0.2, -0.15) is 0 Å². The predicted molar refractivity (Wildman–Crippen MR) is 139 cm³/mol. The molecule has 0 saturated carbocycles. The van der Waals surface area contributed by atoms with E-state index in [1.54, 1.807) is 31.6 Å². The number of hydrogen-bond donors (Lipinski definition) is 1. The molecule has 9 heteroatoms. The molecular weight excluding hydrogens is 530 g/mol. The number of H-pyrrole nitrogens is 1. The molecule has 7 nitrogen and oxygen atoms in total. The minimum atomic E-state index is -0.683. The standard InChI is InChI=1S/C26H22BrN3O4S/c1-4-34-25(32)22-14(2)29-26-30(23(22)15-9-10-20(33-3)18(27)11-15)24(31)21(35-26)12-16-13-28-19-8-6-5-7-17(16)19/h5-13,23,28H,4H2,1-3H3/b21-12+/t23-/m1/s1. The zero-order valence-electron chi connectivity index (χ0n) is 19.3. The number of para-hydroxylation sites is 1. The van der Waals surface area contributed by atoms with E-state index in [2.05, 4.69) is 25.9 Å². The number of aromatic nitrogens is 2. The zero-order chi connectivity index (χ0) is 24.7. The number of carbonyl (C=O) groups excluding carboxylic acids is 1. The summed E-state index contributed by atoms with van der Waals surface area (Å²) in [5.41, 5.74) is 3.30. The predicted octanol–water partition coefficient (Wildman–Crippen LogP) is 4.05. The summed E-state index contributed by atoms with van der Waals surface area (Å²) in [6, 6.07) is 12.8. The van der Waals surface area contributed by atoms with Gasteiger partial charge in [0.15, 0.2) is 4.80 Å². The number of hydrogen-bond acceptors (Lipinski definition) is 6. The maximum atomic E-state index is 13.8. The Hall–Kier alpha value is -3.43.